The number of fused-ring (bicyclic) bond motifs is 2. The molecule has 46 heavy (non-hydrogen) atoms. The van der Waals surface area contributed by atoms with Gasteiger partial charge in [0.15, 0.2) is 10.5 Å². The lowest BCUT2D eigenvalue weighted by Gasteiger charge is -2.26. The zero-order valence-corrected chi connectivity index (χ0v) is 27.1. The average Bonchev–Trinajstić information content (AvgIpc) is 3.34. The van der Waals surface area contributed by atoms with Gasteiger partial charge in [-0.1, -0.05) is 83.6 Å². The van der Waals surface area contributed by atoms with Gasteiger partial charge in [-0.25, -0.2) is 9.79 Å². The van der Waals surface area contributed by atoms with Crippen LogP contribution < -0.4 is 19.6 Å². The number of thiazole rings is 1. The van der Waals surface area contributed by atoms with Crippen LogP contribution in [0.4, 0.5) is 13.2 Å². The number of rotatable bonds is 7. The Morgan fingerprint density at radius 2 is 1.80 bits per heavy atom. The first kappa shape index (κ1) is 31.8. The first-order valence-electron chi connectivity index (χ1n) is 14.0. The van der Waals surface area contributed by atoms with Crippen LogP contribution in [0.15, 0.2) is 110 Å². The lowest BCUT2D eigenvalue weighted by atomic mass is 9.95. The van der Waals surface area contributed by atoms with Crippen molar-refractivity contribution in [1.29, 1.82) is 0 Å². The molecule has 1 aliphatic heterocycles. The van der Waals surface area contributed by atoms with Crippen LogP contribution in [-0.4, -0.2) is 23.3 Å². The van der Waals surface area contributed by atoms with Crippen LogP contribution >= 0.6 is 38.9 Å². The Labute approximate surface area is 277 Å². The summed E-state index contributed by atoms with van der Waals surface area (Å²) in [5.74, 6) is -0.640. The van der Waals surface area contributed by atoms with Crippen molar-refractivity contribution in [1.82, 2.24) is 4.57 Å². The van der Waals surface area contributed by atoms with Crippen LogP contribution in [-0.2, 0) is 16.1 Å². The topological polar surface area (TPSA) is 69.9 Å². The van der Waals surface area contributed by atoms with Crippen molar-refractivity contribution in [2.45, 2.75) is 25.7 Å². The molecule has 4 aromatic carbocycles. The Kier molecular flexibility index (Phi) is 8.91. The molecule has 12 heteroatoms. The second kappa shape index (κ2) is 12.9. The van der Waals surface area contributed by atoms with E-state index in [0.717, 1.165) is 32.2 Å². The number of hydrogen-bond donors (Lipinski definition) is 0. The van der Waals surface area contributed by atoms with Crippen LogP contribution in [0.3, 0.4) is 0 Å². The van der Waals surface area contributed by atoms with Crippen molar-refractivity contribution in [2.75, 3.05) is 6.61 Å². The van der Waals surface area contributed by atoms with Crippen molar-refractivity contribution in [3.05, 3.63) is 142 Å². The van der Waals surface area contributed by atoms with Gasteiger partial charge in [0.25, 0.3) is 5.56 Å². The molecular weight excluding hydrogens is 705 g/mol. The van der Waals surface area contributed by atoms with E-state index in [1.54, 1.807) is 24.3 Å². The Balaban J connectivity index is 1.40. The second-order valence-corrected chi connectivity index (χ2v) is 12.5. The molecule has 0 spiro atoms. The van der Waals surface area contributed by atoms with Crippen LogP contribution in [0.5, 0.6) is 5.75 Å². The number of allylic oxidation sites excluding steroid dienone is 1. The number of hydrogen-bond acceptors (Lipinski definition) is 6. The summed E-state index contributed by atoms with van der Waals surface area (Å²) in [6, 6.07) is 23.7. The molecule has 0 unspecified atom stereocenters. The molecule has 1 atom stereocenters. The zero-order chi connectivity index (χ0) is 32.6. The molecule has 0 bridgehead atoms. The fourth-order valence-electron chi connectivity index (χ4n) is 5.25. The molecular formula is C34H23BrClF3N2O4S. The van der Waals surface area contributed by atoms with E-state index < -0.39 is 35.0 Å². The van der Waals surface area contributed by atoms with Gasteiger partial charge in [0.2, 0.25) is 0 Å². The molecule has 0 radical (unpaired) electrons. The van der Waals surface area contributed by atoms with Crippen LogP contribution in [0.25, 0.3) is 16.8 Å². The van der Waals surface area contributed by atoms with Crippen LogP contribution in [0.1, 0.15) is 29.7 Å². The molecule has 234 valence electrons. The summed E-state index contributed by atoms with van der Waals surface area (Å²) in [7, 11) is 0. The summed E-state index contributed by atoms with van der Waals surface area (Å²) in [6.45, 7) is 1.64. The first-order chi connectivity index (χ1) is 22.0. The summed E-state index contributed by atoms with van der Waals surface area (Å²) in [4.78, 5) is 30.4. The molecule has 2 heterocycles. The molecule has 6 nitrogen and oxygen atoms in total. The maximum atomic E-state index is 14.3. The molecule has 0 saturated heterocycles. The third-order valence-corrected chi connectivity index (χ3v) is 9.15. The van der Waals surface area contributed by atoms with Gasteiger partial charge in [-0.3, -0.25) is 9.36 Å². The highest BCUT2D eigenvalue weighted by Gasteiger charge is 2.45. The van der Waals surface area contributed by atoms with E-state index in [1.807, 2.05) is 42.5 Å². The van der Waals surface area contributed by atoms with Gasteiger partial charge in [0, 0.05) is 5.02 Å². The van der Waals surface area contributed by atoms with Crippen LogP contribution in [0.2, 0.25) is 5.02 Å². The fourth-order valence-corrected chi connectivity index (χ4v) is 6.89. The predicted molar refractivity (Wildman–Crippen MR) is 175 cm³/mol. The number of alkyl halides is 3. The van der Waals surface area contributed by atoms with Gasteiger partial charge >= 0.3 is 12.1 Å². The number of carbonyl (C=O) groups excluding carboxylic acids is 1. The van der Waals surface area contributed by atoms with E-state index in [0.29, 0.717) is 27.4 Å². The summed E-state index contributed by atoms with van der Waals surface area (Å²) in [6.07, 6.45) is -3.43. The van der Waals surface area contributed by atoms with Crippen molar-refractivity contribution in [3.8, 4) is 5.75 Å². The molecule has 0 amide bonds. The molecule has 1 aliphatic rings. The fraction of sp³-hybridized carbons (Fsp3) is 0.147. The maximum absolute atomic E-state index is 14.3. The summed E-state index contributed by atoms with van der Waals surface area (Å²) < 4.78 is 56.0. The Morgan fingerprint density at radius 1 is 1.07 bits per heavy atom. The SMILES string of the molecule is CCOC(=O)C1=C(C(F)(F)F)N=c2s/c(=C\c3ccc(OCc4cccc5ccccc45)c(Br)c3)c(=O)n2[C@@H]1c1ccc(Cl)cc1. The summed E-state index contributed by atoms with van der Waals surface area (Å²) >= 11 is 10.4. The van der Waals surface area contributed by atoms with E-state index in [9.17, 15) is 22.8 Å². The molecule has 0 aliphatic carbocycles. The number of halogens is 5. The van der Waals surface area contributed by atoms with Gasteiger partial charge < -0.3 is 9.47 Å². The van der Waals surface area contributed by atoms with E-state index in [2.05, 4.69) is 20.9 Å². The molecule has 0 fully saturated rings. The van der Waals surface area contributed by atoms with Gasteiger partial charge in [-0.15, -0.1) is 0 Å². The van der Waals surface area contributed by atoms with Gasteiger partial charge in [-0.2, -0.15) is 13.2 Å². The Morgan fingerprint density at radius 3 is 2.52 bits per heavy atom. The first-order valence-corrected chi connectivity index (χ1v) is 16.0. The Hall–Kier alpha value is -4.19. The van der Waals surface area contributed by atoms with Gasteiger partial charge in [0.05, 0.1) is 27.2 Å². The normalized spacial score (nSPS) is 15.1. The minimum Gasteiger partial charge on any atom is -0.488 e. The number of benzene rings is 4. The highest BCUT2D eigenvalue weighted by Crippen LogP contribution is 2.38. The van der Waals surface area contributed by atoms with E-state index >= 15 is 0 Å². The third-order valence-electron chi connectivity index (χ3n) is 7.30. The zero-order valence-electron chi connectivity index (χ0n) is 24.0. The van der Waals surface area contributed by atoms with Gasteiger partial charge in [0.1, 0.15) is 12.4 Å². The van der Waals surface area contributed by atoms with E-state index in [-0.39, 0.29) is 21.5 Å². The largest absolute Gasteiger partial charge is 0.488 e. The maximum Gasteiger partial charge on any atom is 0.434 e. The highest BCUT2D eigenvalue weighted by atomic mass is 79.9. The Bertz CT molecular complexity index is 2190. The average molecular weight is 728 g/mol. The molecule has 0 N–H and O–H groups in total. The number of carbonyl (C=O) groups is 1. The number of ether oxygens (including phenoxy) is 2. The van der Waals surface area contributed by atoms with Crippen molar-refractivity contribution in [2.24, 2.45) is 4.99 Å². The van der Waals surface area contributed by atoms with Crippen molar-refractivity contribution in [3.63, 3.8) is 0 Å². The smallest absolute Gasteiger partial charge is 0.434 e. The quantitative estimate of drug-likeness (QED) is 0.163. The highest BCUT2D eigenvalue weighted by molar-refractivity contribution is 9.10. The monoisotopic (exact) mass is 726 g/mol. The minimum atomic E-state index is -4.99. The lowest BCUT2D eigenvalue weighted by Crippen LogP contribution is -2.41. The van der Waals surface area contributed by atoms with E-state index in [1.165, 1.54) is 31.2 Å². The van der Waals surface area contributed by atoms with Crippen molar-refractivity contribution < 1.29 is 27.4 Å². The predicted octanol–water partition coefficient (Wildman–Crippen LogP) is 7.49. The molecule has 5 aromatic rings. The summed E-state index contributed by atoms with van der Waals surface area (Å²) in [5, 5.41) is 2.53. The lowest BCUT2D eigenvalue weighted by molar-refractivity contribution is -0.140. The second-order valence-electron chi connectivity index (χ2n) is 10.2. The van der Waals surface area contributed by atoms with Gasteiger partial charge in [-0.05, 0) is 80.7 Å². The van der Waals surface area contributed by atoms with Crippen LogP contribution in [0, 0.1) is 0 Å². The molecule has 1 aromatic heterocycles. The number of aromatic nitrogens is 1. The van der Waals surface area contributed by atoms with E-state index in [4.69, 9.17) is 21.1 Å². The number of esters is 1. The minimum absolute atomic E-state index is 0.126. The molecule has 6 rings (SSSR count). The molecule has 0 saturated carbocycles. The number of nitrogens with zero attached hydrogens (tertiary/aromatic N) is 2. The summed E-state index contributed by atoms with van der Waals surface area (Å²) in [5.41, 5.74) is -0.934. The third kappa shape index (κ3) is 6.27. The standard InChI is InChI=1S/C34H23BrClF3N2O4S/c1-2-44-32(43)28-29(21-11-13-23(36)14-12-21)41-31(42)27(46-33(41)40-30(28)34(37,38)39)17-19-10-15-26(25(35)16-19)45-18-22-8-5-7-20-6-3-4-9-24(20)22/h3-17,29H,2,18H2,1H3/b27-17-/t29-/m1/s1. The van der Waals surface area contributed by atoms with Crippen molar-refractivity contribution >= 4 is 61.7 Å².